The first-order chi connectivity index (χ1) is 6.78. The van der Waals surface area contributed by atoms with E-state index in [1.165, 1.54) is 6.92 Å². The lowest BCUT2D eigenvalue weighted by Gasteiger charge is -2.15. The fourth-order valence-electron chi connectivity index (χ4n) is 0.911. The van der Waals surface area contributed by atoms with E-state index >= 15 is 0 Å². The highest BCUT2D eigenvalue weighted by Gasteiger charge is 2.19. The summed E-state index contributed by atoms with van der Waals surface area (Å²) in [6.45, 7) is 4.56. The molecule has 0 saturated carbocycles. The van der Waals surface area contributed by atoms with Crippen molar-refractivity contribution in [3.63, 3.8) is 0 Å². The number of aliphatic hydroxyl groups excluding tert-OH is 1. The molecule has 0 aromatic heterocycles. The van der Waals surface area contributed by atoms with Crippen molar-refractivity contribution in [2.24, 2.45) is 0 Å². The molecule has 15 heavy (non-hydrogen) atoms. The highest BCUT2D eigenvalue weighted by Crippen LogP contribution is 1.91. The summed E-state index contributed by atoms with van der Waals surface area (Å²) in [6.07, 6.45) is 0. The monoisotopic (exact) mass is 238 g/mol. The second-order valence-electron chi connectivity index (χ2n) is 3.55. The van der Waals surface area contributed by atoms with Gasteiger partial charge in [0.25, 0.3) is 0 Å². The minimum Gasteiger partial charge on any atom is -0.395 e. The van der Waals surface area contributed by atoms with Gasteiger partial charge in [-0.25, -0.2) is 13.1 Å². The third kappa shape index (κ3) is 6.43. The average Bonchev–Trinajstić information content (AvgIpc) is 2.01. The Labute approximate surface area is 90.1 Å². The van der Waals surface area contributed by atoms with E-state index in [1.54, 1.807) is 13.8 Å². The summed E-state index contributed by atoms with van der Waals surface area (Å²) < 4.78 is 24.5. The molecule has 7 heteroatoms. The second kappa shape index (κ2) is 6.04. The number of hydrogen-bond acceptors (Lipinski definition) is 4. The lowest BCUT2D eigenvalue weighted by atomic mass is 10.3. The number of rotatable bonds is 6. The van der Waals surface area contributed by atoms with Gasteiger partial charge < -0.3 is 10.4 Å². The van der Waals surface area contributed by atoms with E-state index in [0.717, 1.165) is 0 Å². The average molecular weight is 238 g/mol. The first-order valence-corrected chi connectivity index (χ1v) is 6.35. The zero-order valence-electron chi connectivity index (χ0n) is 9.15. The highest BCUT2D eigenvalue weighted by atomic mass is 32.2. The number of carbonyl (C=O) groups is 1. The molecule has 0 spiro atoms. The molecule has 1 atom stereocenters. The van der Waals surface area contributed by atoms with Crippen LogP contribution in [0.1, 0.15) is 20.8 Å². The number of sulfonamides is 1. The van der Waals surface area contributed by atoms with Gasteiger partial charge in [-0.05, 0) is 20.8 Å². The SMILES string of the molecule is CC(C)NC(=O)C(C)NS(=O)(=O)CCO. The summed E-state index contributed by atoms with van der Waals surface area (Å²) in [4.78, 5) is 11.3. The van der Waals surface area contributed by atoms with Gasteiger partial charge in [-0.3, -0.25) is 4.79 Å². The van der Waals surface area contributed by atoms with Gasteiger partial charge in [0.2, 0.25) is 15.9 Å². The summed E-state index contributed by atoms with van der Waals surface area (Å²) in [6, 6.07) is -0.869. The number of aliphatic hydroxyl groups is 1. The fourth-order valence-corrected chi connectivity index (χ4v) is 1.92. The van der Waals surface area contributed by atoms with Crippen LogP contribution in [0.4, 0.5) is 0 Å². The molecule has 0 radical (unpaired) electrons. The number of carbonyl (C=O) groups excluding carboxylic acids is 1. The van der Waals surface area contributed by atoms with Crippen LogP contribution < -0.4 is 10.0 Å². The molecular formula is C8H18N2O4S. The smallest absolute Gasteiger partial charge is 0.238 e. The number of hydrogen-bond donors (Lipinski definition) is 3. The molecule has 0 aliphatic heterocycles. The van der Waals surface area contributed by atoms with Crippen LogP contribution in [0.3, 0.4) is 0 Å². The largest absolute Gasteiger partial charge is 0.395 e. The van der Waals surface area contributed by atoms with Gasteiger partial charge in [0.05, 0.1) is 18.4 Å². The van der Waals surface area contributed by atoms with E-state index in [2.05, 4.69) is 10.0 Å². The Hall–Kier alpha value is -0.660. The first-order valence-electron chi connectivity index (χ1n) is 4.69. The lowest BCUT2D eigenvalue weighted by molar-refractivity contribution is -0.122. The molecule has 0 saturated heterocycles. The van der Waals surface area contributed by atoms with Crippen LogP contribution in [-0.2, 0) is 14.8 Å². The van der Waals surface area contributed by atoms with Crippen molar-refractivity contribution in [3.05, 3.63) is 0 Å². The van der Waals surface area contributed by atoms with Crippen LogP contribution >= 0.6 is 0 Å². The predicted molar refractivity (Wildman–Crippen MR) is 56.7 cm³/mol. The minimum atomic E-state index is -3.57. The lowest BCUT2D eigenvalue weighted by Crippen LogP contribution is -2.47. The molecule has 0 aromatic carbocycles. The Balaban J connectivity index is 4.24. The molecule has 6 nitrogen and oxygen atoms in total. The van der Waals surface area contributed by atoms with Crippen molar-refractivity contribution in [1.82, 2.24) is 10.0 Å². The molecule has 0 heterocycles. The summed E-state index contributed by atoms with van der Waals surface area (Å²) in [7, 11) is -3.57. The predicted octanol–water partition coefficient (Wildman–Crippen LogP) is -1.19. The van der Waals surface area contributed by atoms with Crippen LogP contribution in [0.25, 0.3) is 0 Å². The van der Waals surface area contributed by atoms with Gasteiger partial charge >= 0.3 is 0 Å². The summed E-state index contributed by atoms with van der Waals surface area (Å²) in [5.41, 5.74) is 0. The molecule has 90 valence electrons. The molecule has 1 amide bonds. The van der Waals surface area contributed by atoms with Crippen molar-refractivity contribution >= 4 is 15.9 Å². The van der Waals surface area contributed by atoms with E-state index in [0.29, 0.717) is 0 Å². The minimum absolute atomic E-state index is 0.0395. The van der Waals surface area contributed by atoms with Crippen molar-refractivity contribution in [1.29, 1.82) is 0 Å². The van der Waals surface area contributed by atoms with E-state index in [-0.39, 0.29) is 11.9 Å². The van der Waals surface area contributed by atoms with Crippen LogP contribution in [-0.4, -0.2) is 43.9 Å². The maximum absolute atomic E-state index is 11.3. The highest BCUT2D eigenvalue weighted by molar-refractivity contribution is 7.89. The quantitative estimate of drug-likeness (QED) is 0.542. The van der Waals surface area contributed by atoms with Gasteiger partial charge in [0.1, 0.15) is 0 Å². The Morgan fingerprint density at radius 3 is 2.27 bits per heavy atom. The molecule has 0 bridgehead atoms. The van der Waals surface area contributed by atoms with E-state index < -0.39 is 28.4 Å². The van der Waals surface area contributed by atoms with Gasteiger partial charge in [0.15, 0.2) is 0 Å². The van der Waals surface area contributed by atoms with E-state index in [9.17, 15) is 13.2 Å². The molecule has 0 aliphatic carbocycles. The Morgan fingerprint density at radius 1 is 1.33 bits per heavy atom. The molecular weight excluding hydrogens is 220 g/mol. The third-order valence-electron chi connectivity index (χ3n) is 1.54. The zero-order valence-corrected chi connectivity index (χ0v) is 9.97. The van der Waals surface area contributed by atoms with Gasteiger partial charge in [-0.15, -0.1) is 0 Å². The van der Waals surface area contributed by atoms with Crippen LogP contribution in [0.5, 0.6) is 0 Å². The van der Waals surface area contributed by atoms with E-state index in [1.807, 2.05) is 0 Å². The summed E-state index contributed by atoms with van der Waals surface area (Å²) in [5.74, 6) is -0.779. The zero-order chi connectivity index (χ0) is 12.1. The summed E-state index contributed by atoms with van der Waals surface area (Å²) >= 11 is 0. The maximum atomic E-state index is 11.3. The molecule has 0 aliphatic rings. The summed E-state index contributed by atoms with van der Waals surface area (Å²) in [5, 5.41) is 11.1. The number of nitrogens with one attached hydrogen (secondary N) is 2. The van der Waals surface area contributed by atoms with Crippen molar-refractivity contribution in [3.8, 4) is 0 Å². The fraction of sp³-hybridized carbons (Fsp3) is 0.875. The molecule has 0 fully saturated rings. The third-order valence-corrected chi connectivity index (χ3v) is 2.97. The van der Waals surface area contributed by atoms with Crippen molar-refractivity contribution < 1.29 is 18.3 Å². The standard InChI is InChI=1S/C8H18N2O4S/c1-6(2)9-8(12)7(3)10-15(13,14)5-4-11/h6-7,10-11H,4-5H2,1-3H3,(H,9,12). The van der Waals surface area contributed by atoms with E-state index in [4.69, 9.17) is 5.11 Å². The Kier molecular flexibility index (Phi) is 5.77. The Morgan fingerprint density at radius 2 is 1.87 bits per heavy atom. The van der Waals surface area contributed by atoms with Crippen molar-refractivity contribution in [2.45, 2.75) is 32.9 Å². The normalized spacial score (nSPS) is 13.9. The molecule has 0 aromatic rings. The molecule has 1 unspecified atom stereocenters. The van der Waals surface area contributed by atoms with Crippen LogP contribution in [0.15, 0.2) is 0 Å². The number of amides is 1. The maximum Gasteiger partial charge on any atom is 0.238 e. The van der Waals surface area contributed by atoms with Crippen molar-refractivity contribution in [2.75, 3.05) is 12.4 Å². The Bertz CT molecular complexity index is 300. The van der Waals surface area contributed by atoms with Gasteiger partial charge in [-0.1, -0.05) is 0 Å². The molecule has 0 rings (SSSR count). The first kappa shape index (κ1) is 14.3. The van der Waals surface area contributed by atoms with Crippen LogP contribution in [0, 0.1) is 0 Å². The van der Waals surface area contributed by atoms with Gasteiger partial charge in [0, 0.05) is 6.04 Å². The van der Waals surface area contributed by atoms with Gasteiger partial charge in [-0.2, -0.15) is 0 Å². The second-order valence-corrected chi connectivity index (χ2v) is 5.42. The topological polar surface area (TPSA) is 95.5 Å². The molecule has 3 N–H and O–H groups in total. The van der Waals surface area contributed by atoms with Crippen LogP contribution in [0.2, 0.25) is 0 Å².